The lowest BCUT2D eigenvalue weighted by Gasteiger charge is -2.12. The van der Waals surface area contributed by atoms with E-state index in [1.54, 1.807) is 18.3 Å². The molecule has 0 unspecified atom stereocenters. The standard InChI is InChI=1S/C17H18BrN3O3.2ClH/c18-11-2-1-3-13(8-11)24-16-7-4-12(10-20-16)21-17(22)15-6-5-14(9-19)23-15;;/h1-4,7-8,10,14-15H,5-6,9,19H2,(H,21,22);2*1H/t14-,15+;;/m1../s1. The van der Waals surface area contributed by atoms with E-state index >= 15 is 0 Å². The molecule has 1 aromatic carbocycles. The Labute approximate surface area is 172 Å². The molecular weight excluding hydrogens is 445 g/mol. The molecule has 26 heavy (non-hydrogen) atoms. The molecule has 142 valence electrons. The summed E-state index contributed by atoms with van der Waals surface area (Å²) in [4.78, 5) is 16.3. The van der Waals surface area contributed by atoms with Gasteiger partial charge in [-0.05, 0) is 37.1 Å². The fraction of sp³-hybridized carbons (Fsp3) is 0.294. The molecule has 0 saturated carbocycles. The van der Waals surface area contributed by atoms with E-state index in [-0.39, 0.29) is 36.8 Å². The number of carbonyl (C=O) groups excluding carboxylic acids is 1. The van der Waals surface area contributed by atoms with Gasteiger partial charge in [0.2, 0.25) is 5.88 Å². The fourth-order valence-electron chi connectivity index (χ4n) is 2.46. The van der Waals surface area contributed by atoms with Crippen LogP contribution in [0.3, 0.4) is 0 Å². The Bertz CT molecular complexity index is 719. The van der Waals surface area contributed by atoms with Gasteiger partial charge in [-0.2, -0.15) is 0 Å². The van der Waals surface area contributed by atoms with Gasteiger partial charge >= 0.3 is 0 Å². The summed E-state index contributed by atoms with van der Waals surface area (Å²) < 4.78 is 12.2. The van der Waals surface area contributed by atoms with E-state index in [1.165, 1.54) is 0 Å². The van der Waals surface area contributed by atoms with Gasteiger partial charge in [-0.1, -0.05) is 22.0 Å². The zero-order valence-corrected chi connectivity index (χ0v) is 17.0. The summed E-state index contributed by atoms with van der Waals surface area (Å²) in [5.74, 6) is 0.959. The minimum Gasteiger partial charge on any atom is -0.439 e. The van der Waals surface area contributed by atoms with Gasteiger partial charge in [-0.3, -0.25) is 4.79 Å². The van der Waals surface area contributed by atoms with E-state index in [9.17, 15) is 4.79 Å². The lowest BCUT2D eigenvalue weighted by molar-refractivity contribution is -0.126. The van der Waals surface area contributed by atoms with Gasteiger partial charge in [0, 0.05) is 17.1 Å². The van der Waals surface area contributed by atoms with Crippen molar-refractivity contribution in [3.8, 4) is 11.6 Å². The maximum absolute atomic E-state index is 12.1. The van der Waals surface area contributed by atoms with E-state index in [0.29, 0.717) is 30.3 Å². The molecule has 1 aliphatic rings. The molecule has 1 amide bonds. The van der Waals surface area contributed by atoms with Crippen LogP contribution in [0.5, 0.6) is 11.6 Å². The van der Waals surface area contributed by atoms with Crippen molar-refractivity contribution in [3.63, 3.8) is 0 Å². The van der Waals surface area contributed by atoms with Crippen molar-refractivity contribution in [2.45, 2.75) is 25.0 Å². The molecule has 1 aromatic heterocycles. The second-order valence-corrected chi connectivity index (χ2v) is 6.41. The Morgan fingerprint density at radius 2 is 2.12 bits per heavy atom. The van der Waals surface area contributed by atoms with Crippen molar-refractivity contribution < 1.29 is 14.3 Å². The van der Waals surface area contributed by atoms with Gasteiger partial charge in [-0.15, -0.1) is 24.8 Å². The van der Waals surface area contributed by atoms with Crippen LogP contribution < -0.4 is 15.8 Å². The minimum absolute atomic E-state index is 0. The molecule has 1 fully saturated rings. The summed E-state index contributed by atoms with van der Waals surface area (Å²) in [6.07, 6.45) is 2.58. The SMILES string of the molecule is Cl.Cl.NC[C@H]1CC[C@@H](C(=O)Nc2ccc(Oc3cccc(Br)c3)nc2)O1. The maximum atomic E-state index is 12.1. The molecule has 0 spiro atoms. The number of ether oxygens (including phenoxy) is 2. The number of nitrogens with zero attached hydrogens (tertiary/aromatic N) is 1. The Balaban J connectivity index is 0.00000169. The van der Waals surface area contributed by atoms with Crippen LogP contribution >= 0.6 is 40.7 Å². The fourth-order valence-corrected chi connectivity index (χ4v) is 2.84. The quantitative estimate of drug-likeness (QED) is 0.700. The van der Waals surface area contributed by atoms with Crippen LogP contribution in [0.4, 0.5) is 5.69 Å². The predicted octanol–water partition coefficient (Wildman–Crippen LogP) is 3.92. The second kappa shape index (κ2) is 10.7. The van der Waals surface area contributed by atoms with Gasteiger partial charge in [0.15, 0.2) is 0 Å². The van der Waals surface area contributed by atoms with E-state index in [2.05, 4.69) is 26.2 Å². The van der Waals surface area contributed by atoms with E-state index in [0.717, 1.165) is 10.9 Å². The summed E-state index contributed by atoms with van der Waals surface area (Å²) in [7, 11) is 0. The van der Waals surface area contributed by atoms with Crippen LogP contribution in [0.2, 0.25) is 0 Å². The highest BCUT2D eigenvalue weighted by Crippen LogP contribution is 2.24. The Morgan fingerprint density at radius 1 is 1.31 bits per heavy atom. The van der Waals surface area contributed by atoms with Gasteiger partial charge in [0.05, 0.1) is 18.0 Å². The molecule has 3 N–H and O–H groups in total. The molecule has 9 heteroatoms. The highest BCUT2D eigenvalue weighted by molar-refractivity contribution is 9.10. The third-order valence-electron chi connectivity index (χ3n) is 3.69. The largest absolute Gasteiger partial charge is 0.439 e. The first-order valence-electron chi connectivity index (χ1n) is 7.70. The van der Waals surface area contributed by atoms with Crippen LogP contribution in [0, 0.1) is 0 Å². The van der Waals surface area contributed by atoms with Crippen molar-refractivity contribution in [2.24, 2.45) is 5.73 Å². The van der Waals surface area contributed by atoms with Gasteiger partial charge in [0.25, 0.3) is 5.91 Å². The third kappa shape index (κ3) is 6.10. The number of benzene rings is 1. The number of hydrogen-bond donors (Lipinski definition) is 2. The average Bonchev–Trinajstić information content (AvgIpc) is 3.06. The number of rotatable bonds is 5. The highest BCUT2D eigenvalue weighted by Gasteiger charge is 2.29. The van der Waals surface area contributed by atoms with Crippen molar-refractivity contribution in [3.05, 3.63) is 47.1 Å². The summed E-state index contributed by atoms with van der Waals surface area (Å²) in [6, 6.07) is 10.9. The van der Waals surface area contributed by atoms with Crippen LogP contribution in [-0.2, 0) is 9.53 Å². The molecule has 1 aliphatic heterocycles. The number of amides is 1. The van der Waals surface area contributed by atoms with Gasteiger partial charge in [0.1, 0.15) is 11.9 Å². The Kier molecular flexibility index (Phi) is 9.32. The van der Waals surface area contributed by atoms with Crippen LogP contribution in [0.15, 0.2) is 47.1 Å². The molecule has 0 radical (unpaired) electrons. The molecule has 3 rings (SSSR count). The van der Waals surface area contributed by atoms with Crippen LogP contribution in [-0.4, -0.2) is 29.6 Å². The minimum atomic E-state index is -0.448. The van der Waals surface area contributed by atoms with Crippen molar-refractivity contribution in [1.29, 1.82) is 0 Å². The van der Waals surface area contributed by atoms with Crippen molar-refractivity contribution >= 4 is 52.3 Å². The third-order valence-corrected chi connectivity index (χ3v) is 4.18. The number of pyridine rings is 1. The lowest BCUT2D eigenvalue weighted by Crippen LogP contribution is -2.29. The average molecular weight is 465 g/mol. The summed E-state index contributed by atoms with van der Waals surface area (Å²) >= 11 is 3.39. The molecule has 6 nitrogen and oxygen atoms in total. The van der Waals surface area contributed by atoms with E-state index in [4.69, 9.17) is 15.2 Å². The highest BCUT2D eigenvalue weighted by atomic mass is 79.9. The first-order valence-corrected chi connectivity index (χ1v) is 8.49. The van der Waals surface area contributed by atoms with Crippen molar-refractivity contribution in [2.75, 3.05) is 11.9 Å². The lowest BCUT2D eigenvalue weighted by atomic mass is 10.2. The number of hydrogen-bond acceptors (Lipinski definition) is 5. The molecule has 2 atom stereocenters. The van der Waals surface area contributed by atoms with E-state index < -0.39 is 6.10 Å². The molecule has 0 bridgehead atoms. The summed E-state index contributed by atoms with van der Waals surface area (Å²) in [6.45, 7) is 0.437. The number of carbonyl (C=O) groups is 1. The van der Waals surface area contributed by atoms with Crippen LogP contribution in [0.25, 0.3) is 0 Å². The number of anilines is 1. The smallest absolute Gasteiger partial charge is 0.253 e. The number of halogens is 3. The van der Waals surface area contributed by atoms with Crippen LogP contribution in [0.1, 0.15) is 12.8 Å². The van der Waals surface area contributed by atoms with E-state index in [1.807, 2.05) is 24.3 Å². The Morgan fingerprint density at radius 3 is 2.73 bits per heavy atom. The summed E-state index contributed by atoms with van der Waals surface area (Å²) in [5.41, 5.74) is 6.15. The molecule has 2 aromatic rings. The number of nitrogens with two attached hydrogens (primary N) is 1. The maximum Gasteiger partial charge on any atom is 0.253 e. The summed E-state index contributed by atoms with van der Waals surface area (Å²) in [5, 5.41) is 2.80. The zero-order chi connectivity index (χ0) is 16.9. The predicted molar refractivity (Wildman–Crippen MR) is 109 cm³/mol. The first kappa shape index (κ1) is 22.7. The first-order chi connectivity index (χ1) is 11.6. The Hall–Kier alpha value is -1.38. The zero-order valence-electron chi connectivity index (χ0n) is 13.8. The number of aromatic nitrogens is 1. The molecule has 0 aliphatic carbocycles. The number of nitrogens with one attached hydrogen (secondary N) is 1. The van der Waals surface area contributed by atoms with Gasteiger partial charge in [-0.25, -0.2) is 4.98 Å². The topological polar surface area (TPSA) is 86.5 Å². The van der Waals surface area contributed by atoms with Gasteiger partial charge < -0.3 is 20.5 Å². The van der Waals surface area contributed by atoms with Crippen molar-refractivity contribution in [1.82, 2.24) is 4.98 Å². The molecule has 1 saturated heterocycles. The normalized spacial score (nSPS) is 18.4. The molecular formula is C17H20BrCl2N3O3. The monoisotopic (exact) mass is 463 g/mol. The second-order valence-electron chi connectivity index (χ2n) is 5.49. The molecule has 2 heterocycles.